The van der Waals surface area contributed by atoms with Crippen LogP contribution in [-0.2, 0) is 13.1 Å². The second-order valence-electron chi connectivity index (χ2n) is 6.20. The Kier molecular flexibility index (Phi) is 4.57. The lowest BCUT2D eigenvalue weighted by Crippen LogP contribution is -2.33. The number of aryl methyl sites for hydroxylation is 2. The zero-order valence-corrected chi connectivity index (χ0v) is 13.9. The van der Waals surface area contributed by atoms with Gasteiger partial charge in [0.2, 0.25) is 0 Å². The molecule has 1 saturated heterocycles. The van der Waals surface area contributed by atoms with Crippen LogP contribution in [-0.4, -0.2) is 26.2 Å². The van der Waals surface area contributed by atoms with Gasteiger partial charge in [0.25, 0.3) is 0 Å². The van der Waals surface area contributed by atoms with Crippen molar-refractivity contribution in [2.75, 3.05) is 6.54 Å². The summed E-state index contributed by atoms with van der Waals surface area (Å²) in [5, 5.41) is 4.67. The van der Waals surface area contributed by atoms with Crippen LogP contribution in [0.5, 0.6) is 0 Å². The number of pyridine rings is 1. The third-order valence-electron chi connectivity index (χ3n) is 4.83. The average Bonchev–Trinajstić information content (AvgIpc) is 2.84. The van der Waals surface area contributed by atoms with Crippen molar-refractivity contribution in [1.82, 2.24) is 19.7 Å². The van der Waals surface area contributed by atoms with Crippen molar-refractivity contribution in [2.24, 2.45) is 0 Å². The van der Waals surface area contributed by atoms with Crippen molar-refractivity contribution < 1.29 is 0 Å². The number of nitrogens with zero attached hydrogens (tertiary/aromatic N) is 4. The molecule has 118 valence electrons. The molecule has 3 heterocycles. The van der Waals surface area contributed by atoms with Crippen LogP contribution in [0.3, 0.4) is 0 Å². The first-order chi connectivity index (χ1) is 10.7. The van der Waals surface area contributed by atoms with Gasteiger partial charge in [-0.15, -0.1) is 0 Å². The van der Waals surface area contributed by atoms with Gasteiger partial charge in [0.05, 0.1) is 17.4 Å². The second kappa shape index (κ2) is 6.61. The van der Waals surface area contributed by atoms with Gasteiger partial charge >= 0.3 is 0 Å². The largest absolute Gasteiger partial charge is 0.290 e. The van der Waals surface area contributed by atoms with Gasteiger partial charge in [0.15, 0.2) is 0 Å². The monoisotopic (exact) mass is 298 g/mol. The molecule has 2 aromatic heterocycles. The topological polar surface area (TPSA) is 34.0 Å². The summed E-state index contributed by atoms with van der Waals surface area (Å²) in [6.07, 6.45) is 5.69. The lowest BCUT2D eigenvalue weighted by molar-refractivity contribution is 0.136. The summed E-state index contributed by atoms with van der Waals surface area (Å²) in [6.45, 7) is 9.56. The molecule has 1 aliphatic heterocycles. The molecule has 0 amide bonds. The predicted molar refractivity (Wildman–Crippen MR) is 88.6 cm³/mol. The summed E-state index contributed by atoms with van der Waals surface area (Å²) in [5.74, 6) is 0. The van der Waals surface area contributed by atoms with Crippen molar-refractivity contribution in [2.45, 2.75) is 59.2 Å². The van der Waals surface area contributed by atoms with Crippen LogP contribution >= 0.6 is 0 Å². The Morgan fingerprint density at radius 3 is 2.77 bits per heavy atom. The number of piperidine rings is 1. The fourth-order valence-electron chi connectivity index (χ4n) is 3.56. The van der Waals surface area contributed by atoms with E-state index < -0.39 is 0 Å². The summed E-state index contributed by atoms with van der Waals surface area (Å²) in [5.41, 5.74) is 5.08. The van der Waals surface area contributed by atoms with E-state index in [1.165, 1.54) is 41.9 Å². The third kappa shape index (κ3) is 2.93. The van der Waals surface area contributed by atoms with Gasteiger partial charge in [-0.05, 0) is 52.3 Å². The Bertz CT molecular complexity index is 618. The van der Waals surface area contributed by atoms with E-state index in [-0.39, 0.29) is 0 Å². The Hall–Kier alpha value is -1.68. The maximum atomic E-state index is 4.67. The van der Waals surface area contributed by atoms with Crippen molar-refractivity contribution >= 4 is 0 Å². The van der Waals surface area contributed by atoms with Crippen LogP contribution in [0.2, 0.25) is 0 Å². The highest BCUT2D eigenvalue weighted by molar-refractivity contribution is 5.25. The van der Waals surface area contributed by atoms with Crippen LogP contribution in [0.25, 0.3) is 0 Å². The smallest absolute Gasteiger partial charge is 0.0641 e. The summed E-state index contributed by atoms with van der Waals surface area (Å²) in [6, 6.07) is 6.70. The number of likely N-dealkylation sites (tertiary alicyclic amines) is 1. The highest BCUT2D eigenvalue weighted by Crippen LogP contribution is 2.31. The maximum absolute atomic E-state index is 4.67. The third-order valence-corrected chi connectivity index (χ3v) is 4.83. The highest BCUT2D eigenvalue weighted by Gasteiger charge is 2.26. The quantitative estimate of drug-likeness (QED) is 0.864. The van der Waals surface area contributed by atoms with Gasteiger partial charge in [-0.3, -0.25) is 14.6 Å². The molecular weight excluding hydrogens is 272 g/mol. The molecule has 1 aliphatic rings. The second-order valence-corrected chi connectivity index (χ2v) is 6.20. The molecule has 0 saturated carbocycles. The molecule has 0 spiro atoms. The molecule has 1 fully saturated rings. The average molecular weight is 298 g/mol. The minimum absolute atomic E-state index is 0.443. The van der Waals surface area contributed by atoms with Crippen molar-refractivity contribution in [3.8, 4) is 0 Å². The van der Waals surface area contributed by atoms with Crippen LogP contribution < -0.4 is 0 Å². The van der Waals surface area contributed by atoms with E-state index in [4.69, 9.17) is 0 Å². The lowest BCUT2D eigenvalue weighted by Gasteiger charge is -2.35. The zero-order valence-electron chi connectivity index (χ0n) is 13.9. The Morgan fingerprint density at radius 1 is 1.23 bits per heavy atom. The molecule has 4 heteroatoms. The Morgan fingerprint density at radius 2 is 2.09 bits per heavy atom. The van der Waals surface area contributed by atoms with Crippen molar-refractivity contribution in [3.05, 3.63) is 47.0 Å². The van der Waals surface area contributed by atoms with Gasteiger partial charge in [0.1, 0.15) is 0 Å². The van der Waals surface area contributed by atoms with E-state index in [9.17, 15) is 0 Å². The standard InChI is InChI=1S/C18H26N4/c1-4-22-15(3)16(14(2)20-22)13-21-12-8-6-10-18(21)17-9-5-7-11-19-17/h5,7,9,11,18H,4,6,8,10,12-13H2,1-3H3. The first-order valence-corrected chi connectivity index (χ1v) is 8.38. The van der Waals surface area contributed by atoms with Gasteiger partial charge in [-0.25, -0.2) is 0 Å². The summed E-state index contributed by atoms with van der Waals surface area (Å²) >= 11 is 0. The first kappa shape index (κ1) is 15.2. The Labute approximate surface area is 133 Å². The predicted octanol–water partition coefficient (Wildman–Crippen LogP) is 3.64. The molecule has 2 aromatic rings. The molecule has 0 radical (unpaired) electrons. The van der Waals surface area contributed by atoms with Gasteiger partial charge < -0.3 is 0 Å². The molecule has 0 aliphatic carbocycles. The van der Waals surface area contributed by atoms with Crippen LogP contribution in [0.4, 0.5) is 0 Å². The summed E-state index contributed by atoms with van der Waals surface area (Å²) in [4.78, 5) is 7.18. The molecule has 1 unspecified atom stereocenters. The van der Waals surface area contributed by atoms with E-state index in [1.807, 2.05) is 12.3 Å². The number of hydrogen-bond acceptors (Lipinski definition) is 3. The lowest BCUT2D eigenvalue weighted by atomic mass is 9.97. The van der Waals surface area contributed by atoms with E-state index in [0.29, 0.717) is 6.04 Å². The molecule has 1 atom stereocenters. The molecule has 3 rings (SSSR count). The van der Waals surface area contributed by atoms with E-state index in [1.54, 1.807) is 0 Å². The minimum atomic E-state index is 0.443. The van der Waals surface area contributed by atoms with Crippen LogP contribution in [0, 0.1) is 13.8 Å². The van der Waals surface area contributed by atoms with Crippen LogP contribution in [0.15, 0.2) is 24.4 Å². The molecule has 4 nitrogen and oxygen atoms in total. The SMILES string of the molecule is CCn1nc(C)c(CN2CCCCC2c2ccccn2)c1C. The normalized spacial score (nSPS) is 19.5. The fraction of sp³-hybridized carbons (Fsp3) is 0.556. The number of rotatable bonds is 4. The molecule has 0 N–H and O–H groups in total. The van der Waals surface area contributed by atoms with Gasteiger partial charge in [-0.2, -0.15) is 5.10 Å². The van der Waals surface area contributed by atoms with Gasteiger partial charge in [-0.1, -0.05) is 12.5 Å². The summed E-state index contributed by atoms with van der Waals surface area (Å²) in [7, 11) is 0. The molecule has 22 heavy (non-hydrogen) atoms. The number of hydrogen-bond donors (Lipinski definition) is 0. The molecule has 0 bridgehead atoms. The minimum Gasteiger partial charge on any atom is -0.290 e. The van der Waals surface area contributed by atoms with E-state index in [2.05, 4.69) is 52.6 Å². The fourth-order valence-corrected chi connectivity index (χ4v) is 3.56. The molecular formula is C18H26N4. The number of aromatic nitrogens is 3. The van der Waals surface area contributed by atoms with Gasteiger partial charge in [0, 0.05) is 30.5 Å². The van der Waals surface area contributed by atoms with Crippen molar-refractivity contribution in [1.29, 1.82) is 0 Å². The Balaban J connectivity index is 1.85. The zero-order chi connectivity index (χ0) is 15.5. The van der Waals surface area contributed by atoms with E-state index in [0.717, 1.165) is 19.6 Å². The maximum Gasteiger partial charge on any atom is 0.0641 e. The van der Waals surface area contributed by atoms with Crippen molar-refractivity contribution in [3.63, 3.8) is 0 Å². The summed E-state index contributed by atoms with van der Waals surface area (Å²) < 4.78 is 2.12. The van der Waals surface area contributed by atoms with Crippen LogP contribution in [0.1, 0.15) is 54.9 Å². The first-order valence-electron chi connectivity index (χ1n) is 8.38. The molecule has 0 aromatic carbocycles. The van der Waals surface area contributed by atoms with E-state index >= 15 is 0 Å². The highest BCUT2D eigenvalue weighted by atomic mass is 15.3.